The van der Waals surface area contributed by atoms with Crippen LogP contribution in [0.2, 0.25) is 0 Å². The summed E-state index contributed by atoms with van der Waals surface area (Å²) in [5.74, 6) is -0.224. The lowest BCUT2D eigenvalue weighted by Gasteiger charge is -2.03. The van der Waals surface area contributed by atoms with E-state index in [1.165, 1.54) is 7.05 Å². The van der Waals surface area contributed by atoms with Gasteiger partial charge in [0.2, 0.25) is 5.71 Å². The quantitative estimate of drug-likeness (QED) is 0.590. The molecule has 17 heavy (non-hydrogen) atoms. The second-order valence-electron chi connectivity index (χ2n) is 2.96. The molecule has 1 aromatic carbocycles. The Balaban J connectivity index is 2.88. The van der Waals surface area contributed by atoms with Gasteiger partial charge >= 0.3 is 0 Å². The molecule has 0 saturated carbocycles. The van der Waals surface area contributed by atoms with Crippen molar-refractivity contribution in [3.05, 3.63) is 29.8 Å². The maximum absolute atomic E-state index is 11.3. The second-order valence-corrected chi connectivity index (χ2v) is 2.96. The van der Waals surface area contributed by atoms with Crippen molar-refractivity contribution in [1.82, 2.24) is 5.32 Å². The molecule has 0 aromatic heterocycles. The summed E-state index contributed by atoms with van der Waals surface area (Å²) >= 11 is 0. The summed E-state index contributed by atoms with van der Waals surface area (Å²) in [4.78, 5) is 11.3. The maximum Gasteiger partial charge on any atom is 0.251 e. The second kappa shape index (κ2) is 5.89. The zero-order chi connectivity index (χ0) is 12.7. The van der Waals surface area contributed by atoms with Crippen LogP contribution in [-0.4, -0.2) is 18.7 Å². The molecular weight excluding hydrogens is 218 g/mol. The number of rotatable bonds is 3. The Kier molecular flexibility index (Phi) is 4.23. The predicted molar refractivity (Wildman–Crippen MR) is 62.1 cm³/mol. The highest BCUT2D eigenvalue weighted by Gasteiger charge is 2.03. The Hall–Kier alpha value is -2.86. The molecule has 0 bridgehead atoms. The lowest BCUT2D eigenvalue weighted by atomic mass is 10.2. The molecule has 2 N–H and O–H groups in total. The third-order valence-electron chi connectivity index (χ3n) is 1.86. The van der Waals surface area contributed by atoms with Gasteiger partial charge in [0.25, 0.3) is 5.91 Å². The van der Waals surface area contributed by atoms with E-state index in [0.29, 0.717) is 11.3 Å². The largest absolute Gasteiger partial charge is 0.355 e. The van der Waals surface area contributed by atoms with Crippen molar-refractivity contribution in [2.24, 2.45) is 5.10 Å². The normalized spacial score (nSPS) is 8.41. The topological polar surface area (TPSA) is 101 Å². The Bertz CT molecular complexity index is 520. The lowest BCUT2D eigenvalue weighted by Crippen LogP contribution is -2.17. The van der Waals surface area contributed by atoms with Crippen molar-refractivity contribution in [1.29, 1.82) is 10.5 Å². The molecule has 0 saturated heterocycles. The smallest absolute Gasteiger partial charge is 0.251 e. The van der Waals surface area contributed by atoms with Gasteiger partial charge in [-0.25, -0.2) is 0 Å². The Morgan fingerprint density at radius 1 is 1.35 bits per heavy atom. The molecule has 0 radical (unpaired) electrons. The molecule has 6 heteroatoms. The minimum Gasteiger partial charge on any atom is -0.355 e. The fourth-order valence-corrected chi connectivity index (χ4v) is 1.07. The molecular formula is C11H9N5O. The summed E-state index contributed by atoms with van der Waals surface area (Å²) in [7, 11) is 1.53. The molecule has 1 aromatic rings. The fraction of sp³-hybridized carbons (Fsp3) is 0.0909. The highest BCUT2D eigenvalue weighted by Crippen LogP contribution is 2.10. The van der Waals surface area contributed by atoms with Crippen LogP contribution < -0.4 is 10.7 Å². The first kappa shape index (κ1) is 12.2. The summed E-state index contributed by atoms with van der Waals surface area (Å²) in [6, 6.07) is 9.78. The van der Waals surface area contributed by atoms with Gasteiger partial charge in [-0.05, 0) is 18.2 Å². The SMILES string of the molecule is CNC(=O)c1cccc(NN=C(C#N)C#N)c1. The van der Waals surface area contributed by atoms with Gasteiger partial charge in [0.15, 0.2) is 0 Å². The average Bonchev–Trinajstić information content (AvgIpc) is 2.39. The number of hydrogen-bond acceptors (Lipinski definition) is 5. The molecule has 0 fully saturated rings. The van der Waals surface area contributed by atoms with E-state index in [0.717, 1.165) is 0 Å². The molecule has 0 heterocycles. The molecule has 0 unspecified atom stereocenters. The van der Waals surface area contributed by atoms with Gasteiger partial charge in [0.05, 0.1) is 5.69 Å². The first-order chi connectivity index (χ1) is 8.21. The molecule has 0 atom stereocenters. The first-order valence-electron chi connectivity index (χ1n) is 4.67. The van der Waals surface area contributed by atoms with Crippen LogP contribution in [0.4, 0.5) is 5.69 Å². The number of benzene rings is 1. The van der Waals surface area contributed by atoms with Gasteiger partial charge in [0.1, 0.15) is 12.1 Å². The zero-order valence-electron chi connectivity index (χ0n) is 9.06. The number of nitriles is 2. The van der Waals surface area contributed by atoms with E-state index in [2.05, 4.69) is 15.8 Å². The molecule has 0 spiro atoms. The summed E-state index contributed by atoms with van der Waals surface area (Å²) in [5.41, 5.74) is 3.23. The van der Waals surface area contributed by atoms with E-state index in [-0.39, 0.29) is 11.6 Å². The minimum atomic E-state index is -0.282. The molecule has 1 amide bonds. The van der Waals surface area contributed by atoms with Gasteiger partial charge in [-0.3, -0.25) is 10.2 Å². The third kappa shape index (κ3) is 3.33. The van der Waals surface area contributed by atoms with Crippen LogP contribution in [-0.2, 0) is 0 Å². The Labute approximate surface area is 98.2 Å². The molecule has 0 aliphatic rings. The van der Waals surface area contributed by atoms with Crippen LogP contribution in [0.3, 0.4) is 0 Å². The van der Waals surface area contributed by atoms with Crippen LogP contribution in [0.1, 0.15) is 10.4 Å². The lowest BCUT2D eigenvalue weighted by molar-refractivity contribution is 0.0963. The average molecular weight is 227 g/mol. The van der Waals surface area contributed by atoms with Gasteiger partial charge in [0, 0.05) is 12.6 Å². The van der Waals surface area contributed by atoms with Gasteiger partial charge < -0.3 is 5.32 Å². The van der Waals surface area contributed by atoms with Gasteiger partial charge in [-0.1, -0.05) is 6.07 Å². The van der Waals surface area contributed by atoms with Crippen molar-refractivity contribution in [3.8, 4) is 12.1 Å². The zero-order valence-corrected chi connectivity index (χ0v) is 9.06. The van der Waals surface area contributed by atoms with E-state index in [9.17, 15) is 4.79 Å². The number of hydrogen-bond donors (Lipinski definition) is 2. The van der Waals surface area contributed by atoms with Gasteiger partial charge in [-0.15, -0.1) is 0 Å². The first-order valence-corrected chi connectivity index (χ1v) is 4.67. The van der Waals surface area contributed by atoms with Crippen LogP contribution in [0, 0.1) is 22.7 Å². The van der Waals surface area contributed by atoms with E-state index >= 15 is 0 Å². The number of nitrogens with one attached hydrogen (secondary N) is 2. The highest BCUT2D eigenvalue weighted by atomic mass is 16.1. The van der Waals surface area contributed by atoms with E-state index in [1.54, 1.807) is 36.4 Å². The Morgan fingerprint density at radius 3 is 2.65 bits per heavy atom. The number of amides is 1. The number of carbonyl (C=O) groups is 1. The number of anilines is 1. The van der Waals surface area contributed by atoms with Gasteiger partial charge in [-0.2, -0.15) is 15.6 Å². The van der Waals surface area contributed by atoms with Crippen molar-refractivity contribution in [2.75, 3.05) is 12.5 Å². The van der Waals surface area contributed by atoms with E-state index in [1.807, 2.05) is 0 Å². The van der Waals surface area contributed by atoms with E-state index < -0.39 is 0 Å². The van der Waals surface area contributed by atoms with Crippen LogP contribution in [0.15, 0.2) is 29.4 Å². The van der Waals surface area contributed by atoms with Crippen molar-refractivity contribution in [3.63, 3.8) is 0 Å². The maximum atomic E-state index is 11.3. The molecule has 6 nitrogen and oxygen atoms in total. The third-order valence-corrected chi connectivity index (χ3v) is 1.86. The molecule has 0 aliphatic carbocycles. The summed E-state index contributed by atoms with van der Waals surface area (Å²) < 4.78 is 0. The highest BCUT2D eigenvalue weighted by molar-refractivity contribution is 6.10. The molecule has 1 rings (SSSR count). The van der Waals surface area contributed by atoms with Crippen LogP contribution in [0.5, 0.6) is 0 Å². The number of carbonyl (C=O) groups excluding carboxylic acids is 1. The van der Waals surface area contributed by atoms with Crippen LogP contribution >= 0.6 is 0 Å². The standard InChI is InChI=1S/C11H9N5O/c1-14-11(17)8-3-2-4-9(5-8)15-16-10(6-12)7-13/h2-5,15H,1H3,(H,14,17). The van der Waals surface area contributed by atoms with Crippen molar-refractivity contribution >= 4 is 17.3 Å². The Morgan fingerprint density at radius 2 is 2.06 bits per heavy atom. The van der Waals surface area contributed by atoms with Crippen molar-refractivity contribution < 1.29 is 4.79 Å². The molecule has 84 valence electrons. The molecule has 0 aliphatic heterocycles. The fourth-order valence-electron chi connectivity index (χ4n) is 1.07. The van der Waals surface area contributed by atoms with Crippen LogP contribution in [0.25, 0.3) is 0 Å². The summed E-state index contributed by atoms with van der Waals surface area (Å²) in [6.45, 7) is 0. The monoisotopic (exact) mass is 227 g/mol. The summed E-state index contributed by atoms with van der Waals surface area (Å²) in [5, 5.41) is 23.0. The predicted octanol–water partition coefficient (Wildman–Crippen LogP) is 0.861. The number of hydrazone groups is 1. The van der Waals surface area contributed by atoms with E-state index in [4.69, 9.17) is 10.5 Å². The number of nitrogens with zero attached hydrogens (tertiary/aromatic N) is 3. The minimum absolute atomic E-state index is 0.224. The summed E-state index contributed by atoms with van der Waals surface area (Å²) in [6.07, 6.45) is 0. The van der Waals surface area contributed by atoms with Crippen molar-refractivity contribution in [2.45, 2.75) is 0 Å².